The number of rotatable bonds is 7. The molecule has 14 heavy (non-hydrogen) atoms. The van der Waals surface area contributed by atoms with Gasteiger partial charge in [0.1, 0.15) is 0 Å². The maximum Gasteiger partial charge on any atom is 0.0558 e. The Bertz CT molecular complexity index is 137. The highest BCUT2D eigenvalue weighted by molar-refractivity contribution is 4.71. The van der Waals surface area contributed by atoms with Crippen molar-refractivity contribution in [3.05, 3.63) is 0 Å². The van der Waals surface area contributed by atoms with Crippen molar-refractivity contribution < 1.29 is 5.11 Å². The lowest BCUT2D eigenvalue weighted by Gasteiger charge is -2.31. The highest BCUT2D eigenvalue weighted by Crippen LogP contribution is 2.12. The molecule has 0 rings (SSSR count). The van der Waals surface area contributed by atoms with Crippen molar-refractivity contribution in [1.82, 2.24) is 4.90 Å². The number of aliphatic hydroxyl groups excluding tert-OH is 1. The van der Waals surface area contributed by atoms with Crippen molar-refractivity contribution in [3.63, 3.8) is 0 Å². The zero-order valence-electron chi connectivity index (χ0n) is 10.0. The van der Waals surface area contributed by atoms with Crippen LogP contribution in [0.1, 0.15) is 27.7 Å². The van der Waals surface area contributed by atoms with Gasteiger partial charge in [-0.2, -0.15) is 0 Å². The minimum atomic E-state index is 0.230. The van der Waals surface area contributed by atoms with Crippen LogP contribution < -0.4 is 5.73 Å². The quantitative estimate of drug-likeness (QED) is 0.645. The van der Waals surface area contributed by atoms with Crippen LogP contribution in [0.5, 0.6) is 0 Å². The van der Waals surface area contributed by atoms with Crippen molar-refractivity contribution in [2.24, 2.45) is 17.6 Å². The van der Waals surface area contributed by atoms with Gasteiger partial charge in [0.25, 0.3) is 0 Å². The van der Waals surface area contributed by atoms with Gasteiger partial charge in [0.15, 0.2) is 0 Å². The van der Waals surface area contributed by atoms with E-state index in [9.17, 15) is 0 Å². The van der Waals surface area contributed by atoms with Crippen LogP contribution in [0.2, 0.25) is 0 Å². The van der Waals surface area contributed by atoms with Crippen molar-refractivity contribution in [1.29, 1.82) is 0 Å². The van der Waals surface area contributed by atoms with E-state index in [1.165, 1.54) is 0 Å². The minimum Gasteiger partial charge on any atom is -0.395 e. The summed E-state index contributed by atoms with van der Waals surface area (Å²) in [6.45, 7) is 11.4. The minimum absolute atomic E-state index is 0.230. The first kappa shape index (κ1) is 13.9. The first-order valence-corrected chi connectivity index (χ1v) is 5.57. The molecular weight excluding hydrogens is 176 g/mol. The van der Waals surface area contributed by atoms with Crippen molar-refractivity contribution in [2.75, 3.05) is 26.2 Å². The largest absolute Gasteiger partial charge is 0.395 e. The van der Waals surface area contributed by atoms with E-state index >= 15 is 0 Å². The molecule has 0 aliphatic heterocycles. The molecule has 0 amide bonds. The van der Waals surface area contributed by atoms with Gasteiger partial charge in [-0.1, -0.05) is 13.8 Å². The summed E-state index contributed by atoms with van der Waals surface area (Å²) in [5.41, 5.74) is 5.73. The van der Waals surface area contributed by atoms with Crippen LogP contribution in [0.4, 0.5) is 0 Å². The number of nitrogens with zero attached hydrogens (tertiary/aromatic N) is 1. The molecule has 3 N–H and O–H groups in total. The molecule has 0 aromatic heterocycles. The van der Waals surface area contributed by atoms with Gasteiger partial charge in [-0.15, -0.1) is 0 Å². The lowest BCUT2D eigenvalue weighted by molar-refractivity contribution is 0.133. The van der Waals surface area contributed by atoms with E-state index in [2.05, 4.69) is 32.6 Å². The van der Waals surface area contributed by atoms with Gasteiger partial charge in [-0.3, -0.25) is 4.90 Å². The van der Waals surface area contributed by atoms with Crippen LogP contribution in [0, 0.1) is 11.8 Å². The maximum atomic E-state index is 8.94. The predicted octanol–water partition coefficient (Wildman–Crippen LogP) is 0.920. The molecule has 0 aromatic rings. The third-order valence-corrected chi connectivity index (χ3v) is 2.83. The van der Waals surface area contributed by atoms with Crippen molar-refractivity contribution in [2.45, 2.75) is 33.7 Å². The van der Waals surface area contributed by atoms with Crippen LogP contribution in [-0.4, -0.2) is 42.3 Å². The number of hydrogen-bond acceptors (Lipinski definition) is 3. The van der Waals surface area contributed by atoms with Crippen molar-refractivity contribution >= 4 is 0 Å². The van der Waals surface area contributed by atoms with Gasteiger partial charge in [0, 0.05) is 19.1 Å². The summed E-state index contributed by atoms with van der Waals surface area (Å²) in [7, 11) is 0. The third-order valence-electron chi connectivity index (χ3n) is 2.83. The van der Waals surface area contributed by atoms with E-state index in [1.54, 1.807) is 0 Å². The zero-order valence-corrected chi connectivity index (χ0v) is 10.0. The topological polar surface area (TPSA) is 49.5 Å². The third kappa shape index (κ3) is 4.94. The van der Waals surface area contributed by atoms with Gasteiger partial charge in [0.2, 0.25) is 0 Å². The normalized spacial score (nSPS) is 14.4. The molecule has 0 heterocycles. The summed E-state index contributed by atoms with van der Waals surface area (Å²) in [5, 5.41) is 8.94. The van der Waals surface area contributed by atoms with Crippen LogP contribution in [-0.2, 0) is 0 Å². The maximum absolute atomic E-state index is 8.94. The number of hydrogen-bond donors (Lipinski definition) is 2. The van der Waals surface area contributed by atoms with Gasteiger partial charge < -0.3 is 10.8 Å². The molecule has 3 nitrogen and oxygen atoms in total. The monoisotopic (exact) mass is 202 g/mol. The van der Waals surface area contributed by atoms with E-state index in [-0.39, 0.29) is 6.61 Å². The molecule has 0 aliphatic carbocycles. The number of nitrogens with two attached hydrogens (primary N) is 1. The van der Waals surface area contributed by atoms with Crippen molar-refractivity contribution in [3.8, 4) is 0 Å². The lowest BCUT2D eigenvalue weighted by Crippen LogP contribution is -2.40. The van der Waals surface area contributed by atoms with Crippen LogP contribution in [0.3, 0.4) is 0 Å². The highest BCUT2D eigenvalue weighted by Gasteiger charge is 2.17. The fraction of sp³-hybridized carbons (Fsp3) is 1.00. The van der Waals surface area contributed by atoms with Gasteiger partial charge >= 0.3 is 0 Å². The Morgan fingerprint density at radius 1 is 1.21 bits per heavy atom. The predicted molar refractivity (Wildman–Crippen MR) is 61.2 cm³/mol. The van der Waals surface area contributed by atoms with Gasteiger partial charge in [-0.25, -0.2) is 0 Å². The van der Waals surface area contributed by atoms with E-state index in [0.717, 1.165) is 19.6 Å². The zero-order chi connectivity index (χ0) is 11.1. The Morgan fingerprint density at radius 3 is 2.07 bits per heavy atom. The van der Waals surface area contributed by atoms with Crippen LogP contribution >= 0.6 is 0 Å². The standard InChI is InChI=1S/C11H26N2O/c1-9(2)11(7-12)8-13(5-6-14)10(3)4/h9-11,14H,5-8,12H2,1-4H3. The van der Waals surface area contributed by atoms with Gasteiger partial charge in [-0.05, 0) is 32.2 Å². The Balaban J connectivity index is 4.11. The molecule has 0 spiro atoms. The number of aliphatic hydroxyl groups is 1. The molecule has 0 aromatic carbocycles. The first-order chi connectivity index (χ1) is 6.52. The average molecular weight is 202 g/mol. The Kier molecular flexibility index (Phi) is 7.15. The second kappa shape index (κ2) is 7.21. The fourth-order valence-electron chi connectivity index (χ4n) is 1.55. The molecule has 0 aliphatic rings. The smallest absolute Gasteiger partial charge is 0.0558 e. The SMILES string of the molecule is CC(C)C(CN)CN(CCO)C(C)C. The average Bonchev–Trinajstić information content (AvgIpc) is 2.11. The van der Waals surface area contributed by atoms with E-state index in [0.29, 0.717) is 17.9 Å². The van der Waals surface area contributed by atoms with Gasteiger partial charge in [0.05, 0.1) is 6.61 Å². The summed E-state index contributed by atoms with van der Waals surface area (Å²) in [6, 6.07) is 0.481. The molecule has 86 valence electrons. The first-order valence-electron chi connectivity index (χ1n) is 5.57. The lowest BCUT2D eigenvalue weighted by atomic mass is 9.95. The Labute approximate surface area is 88.3 Å². The second-order valence-electron chi connectivity index (χ2n) is 4.55. The highest BCUT2D eigenvalue weighted by atomic mass is 16.3. The summed E-state index contributed by atoms with van der Waals surface area (Å²) < 4.78 is 0. The van der Waals surface area contributed by atoms with Crippen LogP contribution in [0.25, 0.3) is 0 Å². The molecule has 3 heteroatoms. The molecule has 0 saturated heterocycles. The molecule has 1 unspecified atom stereocenters. The van der Waals surface area contributed by atoms with Crippen LogP contribution in [0.15, 0.2) is 0 Å². The van der Waals surface area contributed by atoms with E-state index in [1.807, 2.05) is 0 Å². The summed E-state index contributed by atoms with van der Waals surface area (Å²) in [6.07, 6.45) is 0. The van der Waals surface area contributed by atoms with E-state index < -0.39 is 0 Å². The Morgan fingerprint density at radius 2 is 1.79 bits per heavy atom. The molecule has 1 atom stereocenters. The molecule has 0 saturated carbocycles. The fourth-order valence-corrected chi connectivity index (χ4v) is 1.55. The molecule has 0 fully saturated rings. The summed E-state index contributed by atoms with van der Waals surface area (Å²) >= 11 is 0. The summed E-state index contributed by atoms with van der Waals surface area (Å²) in [4.78, 5) is 2.29. The van der Waals surface area contributed by atoms with E-state index in [4.69, 9.17) is 10.8 Å². The molecule has 0 bridgehead atoms. The Hall–Kier alpha value is -0.120. The second-order valence-corrected chi connectivity index (χ2v) is 4.55. The molecular formula is C11H26N2O. The molecule has 0 radical (unpaired) electrons. The summed E-state index contributed by atoms with van der Waals surface area (Å²) in [5.74, 6) is 1.14.